The zero-order chi connectivity index (χ0) is 9.12. The molecule has 0 amide bonds. The maximum atomic E-state index is 3.25. The van der Waals surface area contributed by atoms with Crippen LogP contribution in [0.4, 0.5) is 0 Å². The van der Waals surface area contributed by atoms with Crippen molar-refractivity contribution in [2.45, 2.75) is 39.5 Å². The van der Waals surface area contributed by atoms with Crippen molar-refractivity contribution in [1.82, 2.24) is 5.32 Å². The van der Waals surface area contributed by atoms with Crippen molar-refractivity contribution in [3.05, 3.63) is 0 Å². The summed E-state index contributed by atoms with van der Waals surface area (Å²) in [6, 6.07) is 1.40. The lowest BCUT2D eigenvalue weighted by Crippen LogP contribution is -2.35. The minimum Gasteiger partial charge on any atom is -0.319 e. The van der Waals surface area contributed by atoms with Gasteiger partial charge < -0.3 is 5.32 Å². The lowest BCUT2D eigenvalue weighted by Gasteiger charge is -2.30. The van der Waals surface area contributed by atoms with E-state index in [0.29, 0.717) is 5.41 Å². The zero-order valence-corrected chi connectivity index (χ0v) is 9.91. The van der Waals surface area contributed by atoms with Crippen molar-refractivity contribution in [2.75, 3.05) is 13.6 Å². The molecule has 0 aromatic carbocycles. The van der Waals surface area contributed by atoms with Gasteiger partial charge in [-0.3, -0.25) is 0 Å². The molecule has 0 radical (unpaired) electrons. The average molecular weight is 173 g/mol. The maximum absolute atomic E-state index is 3.25. The van der Waals surface area contributed by atoms with Gasteiger partial charge in [0.15, 0.2) is 0 Å². The van der Waals surface area contributed by atoms with Gasteiger partial charge in [-0.1, -0.05) is 39.5 Å². The van der Waals surface area contributed by atoms with Crippen LogP contribution in [0.1, 0.15) is 13.8 Å². The quantitative estimate of drug-likeness (QED) is 0.644. The minimum atomic E-state index is -0.870. The molecule has 11 heavy (non-hydrogen) atoms. The van der Waals surface area contributed by atoms with Gasteiger partial charge in [0, 0.05) is 8.07 Å². The van der Waals surface area contributed by atoms with E-state index in [1.165, 1.54) is 6.04 Å². The van der Waals surface area contributed by atoms with Crippen molar-refractivity contribution in [3.8, 4) is 0 Å². The molecule has 0 atom stereocenters. The highest BCUT2D eigenvalue weighted by Gasteiger charge is 2.25. The highest BCUT2D eigenvalue weighted by atomic mass is 28.3. The summed E-state index contributed by atoms with van der Waals surface area (Å²) in [6.07, 6.45) is 0. The Labute approximate surface area is 72.6 Å². The third-order valence-electron chi connectivity index (χ3n) is 1.66. The average Bonchev–Trinajstić information content (AvgIpc) is 1.55. The molecule has 0 saturated carbocycles. The Balaban J connectivity index is 3.91. The molecule has 0 aromatic heterocycles. The Morgan fingerprint density at radius 3 is 1.91 bits per heavy atom. The number of rotatable bonds is 4. The van der Waals surface area contributed by atoms with Gasteiger partial charge in [-0.05, 0) is 19.0 Å². The SMILES string of the molecule is CNCC(C)(C)C[Si](C)(C)C. The molecule has 0 aromatic rings. The van der Waals surface area contributed by atoms with Crippen molar-refractivity contribution in [1.29, 1.82) is 0 Å². The largest absolute Gasteiger partial charge is 0.319 e. The Bertz CT molecular complexity index is 113. The van der Waals surface area contributed by atoms with E-state index in [2.05, 4.69) is 38.8 Å². The third kappa shape index (κ3) is 6.57. The lowest BCUT2D eigenvalue weighted by molar-refractivity contribution is 0.390. The lowest BCUT2D eigenvalue weighted by atomic mass is 9.97. The summed E-state index contributed by atoms with van der Waals surface area (Å²) in [5.74, 6) is 0. The van der Waals surface area contributed by atoms with Crippen LogP contribution in [0, 0.1) is 5.41 Å². The van der Waals surface area contributed by atoms with Gasteiger partial charge in [-0.15, -0.1) is 0 Å². The fourth-order valence-electron chi connectivity index (χ4n) is 1.98. The molecule has 0 unspecified atom stereocenters. The Kier molecular flexibility index (Phi) is 3.78. The third-order valence-corrected chi connectivity index (χ3v) is 3.68. The van der Waals surface area contributed by atoms with Crippen LogP contribution in [-0.2, 0) is 0 Å². The normalized spacial score (nSPS) is 13.6. The van der Waals surface area contributed by atoms with Gasteiger partial charge in [0.2, 0.25) is 0 Å². The molecule has 0 heterocycles. The second-order valence-electron chi connectivity index (χ2n) is 5.43. The first-order valence-electron chi connectivity index (χ1n) is 4.41. The fourth-order valence-corrected chi connectivity index (χ4v) is 4.97. The Morgan fingerprint density at radius 2 is 1.64 bits per heavy atom. The summed E-state index contributed by atoms with van der Waals surface area (Å²) in [4.78, 5) is 0. The molecule has 68 valence electrons. The molecule has 1 N–H and O–H groups in total. The summed E-state index contributed by atoms with van der Waals surface area (Å²) >= 11 is 0. The van der Waals surface area contributed by atoms with Crippen LogP contribution in [0.25, 0.3) is 0 Å². The number of nitrogens with one attached hydrogen (secondary N) is 1. The van der Waals surface area contributed by atoms with E-state index in [-0.39, 0.29) is 0 Å². The van der Waals surface area contributed by atoms with Gasteiger partial charge in [-0.25, -0.2) is 0 Å². The van der Waals surface area contributed by atoms with Crippen LogP contribution >= 0.6 is 0 Å². The van der Waals surface area contributed by atoms with Crippen LogP contribution in [0.15, 0.2) is 0 Å². The van der Waals surface area contributed by atoms with Crippen LogP contribution in [0.2, 0.25) is 25.7 Å². The Morgan fingerprint density at radius 1 is 1.18 bits per heavy atom. The number of hydrogen-bond acceptors (Lipinski definition) is 1. The molecule has 0 aliphatic rings. The molecule has 0 aliphatic carbocycles. The molecule has 0 rings (SSSR count). The summed E-state index contributed by atoms with van der Waals surface area (Å²) < 4.78 is 0. The van der Waals surface area contributed by atoms with Crippen molar-refractivity contribution < 1.29 is 0 Å². The van der Waals surface area contributed by atoms with Crippen molar-refractivity contribution in [2.24, 2.45) is 5.41 Å². The van der Waals surface area contributed by atoms with Gasteiger partial charge in [-0.2, -0.15) is 0 Å². The molecular weight excluding hydrogens is 150 g/mol. The van der Waals surface area contributed by atoms with Crippen molar-refractivity contribution >= 4 is 8.07 Å². The standard InChI is InChI=1S/C9H23NSi/c1-9(2,7-10-3)8-11(4,5)6/h10H,7-8H2,1-6H3. The van der Waals surface area contributed by atoms with E-state index in [9.17, 15) is 0 Å². The smallest absolute Gasteiger partial charge is 0.0448 e. The fraction of sp³-hybridized carbons (Fsp3) is 1.00. The van der Waals surface area contributed by atoms with E-state index in [4.69, 9.17) is 0 Å². The molecular formula is C9H23NSi. The van der Waals surface area contributed by atoms with E-state index in [1.54, 1.807) is 0 Å². The Hall–Kier alpha value is 0.177. The molecule has 0 aliphatic heterocycles. The first-order chi connectivity index (χ1) is 4.77. The molecule has 0 saturated heterocycles. The van der Waals surface area contributed by atoms with E-state index in [0.717, 1.165) is 6.54 Å². The van der Waals surface area contributed by atoms with Gasteiger partial charge in [0.25, 0.3) is 0 Å². The summed E-state index contributed by atoms with van der Waals surface area (Å²) in [7, 11) is 1.16. The van der Waals surface area contributed by atoms with Crippen molar-refractivity contribution in [3.63, 3.8) is 0 Å². The number of hydrogen-bond donors (Lipinski definition) is 1. The second kappa shape index (κ2) is 3.72. The minimum absolute atomic E-state index is 0.485. The van der Waals surface area contributed by atoms with E-state index in [1.807, 2.05) is 7.05 Å². The van der Waals surface area contributed by atoms with E-state index < -0.39 is 8.07 Å². The van der Waals surface area contributed by atoms with Gasteiger partial charge in [0.05, 0.1) is 0 Å². The van der Waals surface area contributed by atoms with Crippen LogP contribution in [-0.4, -0.2) is 21.7 Å². The molecule has 0 spiro atoms. The summed E-state index contributed by atoms with van der Waals surface area (Å²) in [5, 5.41) is 3.25. The van der Waals surface area contributed by atoms with Crippen LogP contribution < -0.4 is 5.32 Å². The predicted octanol–water partition coefficient (Wildman–Crippen LogP) is 2.57. The molecule has 0 bridgehead atoms. The highest BCUT2D eigenvalue weighted by Crippen LogP contribution is 2.27. The van der Waals surface area contributed by atoms with E-state index >= 15 is 0 Å². The molecule has 1 nitrogen and oxygen atoms in total. The first-order valence-corrected chi connectivity index (χ1v) is 8.12. The first kappa shape index (κ1) is 11.2. The highest BCUT2D eigenvalue weighted by molar-refractivity contribution is 6.76. The second-order valence-corrected chi connectivity index (χ2v) is 10.9. The van der Waals surface area contributed by atoms with Gasteiger partial charge in [0.1, 0.15) is 0 Å². The van der Waals surface area contributed by atoms with Crippen LogP contribution in [0.5, 0.6) is 0 Å². The predicted molar refractivity (Wildman–Crippen MR) is 55.9 cm³/mol. The van der Waals surface area contributed by atoms with Gasteiger partial charge >= 0.3 is 0 Å². The molecule has 2 heteroatoms. The maximum Gasteiger partial charge on any atom is 0.0448 e. The summed E-state index contributed by atoms with van der Waals surface area (Å²) in [5.41, 5.74) is 0.485. The van der Waals surface area contributed by atoms with Crippen LogP contribution in [0.3, 0.4) is 0 Å². The summed E-state index contributed by atoms with van der Waals surface area (Å²) in [6.45, 7) is 13.1. The topological polar surface area (TPSA) is 12.0 Å². The molecule has 0 fully saturated rings. The zero-order valence-electron chi connectivity index (χ0n) is 8.91. The monoisotopic (exact) mass is 173 g/mol.